The van der Waals surface area contributed by atoms with E-state index in [0.29, 0.717) is 18.1 Å². The normalized spacial score (nSPS) is 14.5. The number of likely N-dealkylation sites (tertiary alicyclic amines) is 1. The maximum atomic E-state index is 13.2. The molecule has 0 radical (unpaired) electrons. The third-order valence-electron chi connectivity index (χ3n) is 6.40. The Balaban J connectivity index is 1.47. The number of fused-ring (bicyclic) bond motifs is 1. The number of halogens is 1. The molecule has 1 saturated heterocycles. The van der Waals surface area contributed by atoms with E-state index in [1.54, 1.807) is 0 Å². The summed E-state index contributed by atoms with van der Waals surface area (Å²) in [5, 5.41) is 1.74. The zero-order valence-corrected chi connectivity index (χ0v) is 19.2. The van der Waals surface area contributed by atoms with Gasteiger partial charge >= 0.3 is 0 Å². The van der Waals surface area contributed by atoms with Crippen molar-refractivity contribution in [1.29, 1.82) is 0 Å². The van der Waals surface area contributed by atoms with E-state index in [1.165, 1.54) is 0 Å². The monoisotopic (exact) mass is 458 g/mol. The minimum absolute atomic E-state index is 0.0920. The third kappa shape index (κ3) is 4.91. The minimum Gasteiger partial charge on any atom is -0.489 e. The molecule has 4 nitrogen and oxygen atoms in total. The summed E-state index contributed by atoms with van der Waals surface area (Å²) in [5.74, 6) is 0.905. The molecule has 0 saturated carbocycles. The second-order valence-corrected chi connectivity index (χ2v) is 9.06. The molecule has 1 fully saturated rings. The Morgan fingerprint density at radius 2 is 1.82 bits per heavy atom. The van der Waals surface area contributed by atoms with Gasteiger partial charge in [-0.3, -0.25) is 4.79 Å². The molecule has 2 heterocycles. The van der Waals surface area contributed by atoms with Gasteiger partial charge in [0.1, 0.15) is 12.4 Å². The van der Waals surface area contributed by atoms with Crippen LogP contribution in [-0.4, -0.2) is 28.9 Å². The molecule has 0 unspecified atom stereocenters. The first-order chi connectivity index (χ1) is 16.2. The number of amides is 1. The third-order valence-corrected chi connectivity index (χ3v) is 6.63. The Labute approximate surface area is 199 Å². The van der Waals surface area contributed by atoms with Crippen molar-refractivity contribution in [2.45, 2.75) is 31.8 Å². The number of carbonyl (C=O) groups is 1. The van der Waals surface area contributed by atoms with Gasteiger partial charge in [0.2, 0.25) is 5.91 Å². The zero-order valence-electron chi connectivity index (χ0n) is 18.5. The molecule has 1 amide bonds. The summed E-state index contributed by atoms with van der Waals surface area (Å²) in [5.41, 5.74) is 4.29. The minimum atomic E-state index is -0.0920. The van der Waals surface area contributed by atoms with Crippen LogP contribution in [0.1, 0.15) is 41.9 Å². The molecule has 1 N–H and O–H groups in total. The number of H-pyrrole nitrogens is 1. The lowest BCUT2D eigenvalue weighted by Crippen LogP contribution is -2.29. The van der Waals surface area contributed by atoms with Crippen LogP contribution in [0.3, 0.4) is 0 Å². The molecule has 0 spiro atoms. The van der Waals surface area contributed by atoms with E-state index in [-0.39, 0.29) is 11.8 Å². The standard InChI is InChI=1S/C28H27ClN2O2/c29-22-11-12-27-25(16-22)26(18-30-27)24(17-28(32)31-13-4-5-14-31)21-9-6-10-23(15-21)33-19-20-7-2-1-3-8-20/h1-3,6-12,15-16,18,24,30H,4-5,13-14,17,19H2/t24-/m0/s1. The molecular formula is C28H27ClN2O2. The van der Waals surface area contributed by atoms with Gasteiger partial charge in [0, 0.05) is 47.6 Å². The van der Waals surface area contributed by atoms with Gasteiger partial charge in [-0.25, -0.2) is 0 Å². The van der Waals surface area contributed by atoms with Crippen LogP contribution >= 0.6 is 11.6 Å². The smallest absolute Gasteiger partial charge is 0.223 e. The van der Waals surface area contributed by atoms with Crippen molar-refractivity contribution in [3.05, 3.63) is 101 Å². The van der Waals surface area contributed by atoms with E-state index in [4.69, 9.17) is 16.3 Å². The highest BCUT2D eigenvalue weighted by Crippen LogP contribution is 2.36. The van der Waals surface area contributed by atoms with Gasteiger partial charge in [-0.15, -0.1) is 0 Å². The van der Waals surface area contributed by atoms with Crippen LogP contribution in [0.25, 0.3) is 10.9 Å². The number of carbonyl (C=O) groups excluding carboxylic acids is 1. The van der Waals surface area contributed by atoms with Gasteiger partial charge < -0.3 is 14.6 Å². The molecular weight excluding hydrogens is 432 g/mol. The molecule has 3 aromatic carbocycles. The highest BCUT2D eigenvalue weighted by molar-refractivity contribution is 6.31. The van der Waals surface area contributed by atoms with E-state index in [0.717, 1.165) is 59.3 Å². The van der Waals surface area contributed by atoms with Crippen molar-refractivity contribution >= 4 is 28.4 Å². The van der Waals surface area contributed by atoms with Crippen molar-refractivity contribution < 1.29 is 9.53 Å². The predicted molar refractivity (Wildman–Crippen MR) is 133 cm³/mol. The molecule has 33 heavy (non-hydrogen) atoms. The maximum absolute atomic E-state index is 13.2. The molecule has 1 aliphatic heterocycles. The van der Waals surface area contributed by atoms with Crippen LogP contribution in [0.4, 0.5) is 0 Å². The summed E-state index contributed by atoms with van der Waals surface area (Å²) in [7, 11) is 0. The summed E-state index contributed by atoms with van der Waals surface area (Å²) in [4.78, 5) is 18.5. The Bertz CT molecular complexity index is 1250. The Morgan fingerprint density at radius 1 is 1.00 bits per heavy atom. The van der Waals surface area contributed by atoms with Crippen LogP contribution in [0.2, 0.25) is 5.02 Å². The fourth-order valence-electron chi connectivity index (χ4n) is 4.64. The van der Waals surface area contributed by atoms with Gasteiger partial charge in [0.15, 0.2) is 0 Å². The van der Waals surface area contributed by atoms with Crippen molar-refractivity contribution in [3.63, 3.8) is 0 Å². The lowest BCUT2D eigenvalue weighted by atomic mass is 9.87. The number of hydrogen-bond acceptors (Lipinski definition) is 2. The topological polar surface area (TPSA) is 45.3 Å². The highest BCUT2D eigenvalue weighted by Gasteiger charge is 2.26. The molecule has 0 bridgehead atoms. The van der Waals surface area contributed by atoms with Crippen LogP contribution in [0.15, 0.2) is 79.0 Å². The number of aromatic amines is 1. The van der Waals surface area contributed by atoms with Crippen LogP contribution in [-0.2, 0) is 11.4 Å². The van der Waals surface area contributed by atoms with Crippen molar-refractivity contribution in [2.75, 3.05) is 13.1 Å². The maximum Gasteiger partial charge on any atom is 0.223 e. The molecule has 1 aromatic heterocycles. The van der Waals surface area contributed by atoms with Crippen molar-refractivity contribution in [3.8, 4) is 5.75 Å². The Morgan fingerprint density at radius 3 is 2.64 bits per heavy atom. The molecule has 1 aliphatic rings. The first-order valence-electron chi connectivity index (χ1n) is 11.5. The number of aromatic nitrogens is 1. The fourth-order valence-corrected chi connectivity index (χ4v) is 4.81. The highest BCUT2D eigenvalue weighted by atomic mass is 35.5. The zero-order chi connectivity index (χ0) is 22.6. The lowest BCUT2D eigenvalue weighted by Gasteiger charge is -2.22. The molecule has 1 atom stereocenters. The largest absolute Gasteiger partial charge is 0.489 e. The quantitative estimate of drug-likeness (QED) is 0.341. The SMILES string of the molecule is O=C(C[C@@H](c1cccc(OCc2ccccc2)c1)c1c[nH]c2ccc(Cl)cc12)N1CCCC1. The summed E-state index contributed by atoms with van der Waals surface area (Å²) in [6, 6.07) is 24.1. The van der Waals surface area contributed by atoms with Gasteiger partial charge in [-0.1, -0.05) is 54.1 Å². The van der Waals surface area contributed by atoms with E-state index >= 15 is 0 Å². The lowest BCUT2D eigenvalue weighted by molar-refractivity contribution is -0.130. The summed E-state index contributed by atoms with van der Waals surface area (Å²) < 4.78 is 6.09. The van der Waals surface area contributed by atoms with E-state index < -0.39 is 0 Å². The van der Waals surface area contributed by atoms with Crippen LogP contribution in [0, 0.1) is 0 Å². The first kappa shape index (κ1) is 21.6. The Kier molecular flexibility index (Phi) is 6.36. The summed E-state index contributed by atoms with van der Waals surface area (Å²) in [6.45, 7) is 2.21. The number of rotatable bonds is 7. The van der Waals surface area contributed by atoms with Crippen molar-refractivity contribution in [2.24, 2.45) is 0 Å². The predicted octanol–water partition coefficient (Wildman–Crippen LogP) is 6.54. The molecule has 4 aromatic rings. The van der Waals surface area contributed by atoms with E-state index in [9.17, 15) is 4.79 Å². The average molecular weight is 459 g/mol. The molecule has 168 valence electrons. The van der Waals surface area contributed by atoms with Crippen molar-refractivity contribution in [1.82, 2.24) is 9.88 Å². The number of nitrogens with zero attached hydrogens (tertiary/aromatic N) is 1. The number of ether oxygens (including phenoxy) is 1. The van der Waals surface area contributed by atoms with E-state index in [2.05, 4.69) is 29.2 Å². The molecule has 5 rings (SSSR count). The summed E-state index contributed by atoms with van der Waals surface area (Å²) >= 11 is 6.32. The second kappa shape index (κ2) is 9.72. The van der Waals surface area contributed by atoms with Crippen LogP contribution < -0.4 is 4.74 Å². The second-order valence-electron chi connectivity index (χ2n) is 8.63. The molecule has 0 aliphatic carbocycles. The van der Waals surface area contributed by atoms with Gasteiger partial charge in [-0.2, -0.15) is 0 Å². The molecule has 5 heteroatoms. The first-order valence-corrected chi connectivity index (χ1v) is 11.9. The fraction of sp³-hybridized carbons (Fsp3) is 0.250. The van der Waals surface area contributed by atoms with Crippen LogP contribution in [0.5, 0.6) is 5.75 Å². The van der Waals surface area contributed by atoms with Gasteiger partial charge in [0.25, 0.3) is 0 Å². The number of nitrogens with one attached hydrogen (secondary N) is 1. The van der Waals surface area contributed by atoms with E-state index in [1.807, 2.05) is 59.6 Å². The Hall–Kier alpha value is -3.24. The van der Waals surface area contributed by atoms with Gasteiger partial charge in [0.05, 0.1) is 0 Å². The average Bonchev–Trinajstić information content (AvgIpc) is 3.52. The number of hydrogen-bond donors (Lipinski definition) is 1. The summed E-state index contributed by atoms with van der Waals surface area (Å²) in [6.07, 6.45) is 4.60. The number of benzene rings is 3. The van der Waals surface area contributed by atoms with Gasteiger partial charge in [-0.05, 0) is 59.9 Å².